The number of carbonyl (C=O) groups excluding carboxylic acids is 1. The fourth-order valence-corrected chi connectivity index (χ4v) is 3.71. The molecule has 0 saturated carbocycles. The number of benzene rings is 2. The molecule has 30 heavy (non-hydrogen) atoms. The van der Waals surface area contributed by atoms with Crippen LogP contribution in [0.4, 0.5) is 15.8 Å². The molecule has 3 aromatic rings. The molecular weight excluding hydrogens is 427 g/mol. The minimum Gasteiger partial charge on any atom is -0.411 e. The van der Waals surface area contributed by atoms with Crippen LogP contribution in [0.15, 0.2) is 52.1 Å². The van der Waals surface area contributed by atoms with Crippen LogP contribution in [0.1, 0.15) is 20.8 Å². The summed E-state index contributed by atoms with van der Waals surface area (Å²) in [6, 6.07) is 11.7. The van der Waals surface area contributed by atoms with Crippen LogP contribution >= 0.6 is 23.4 Å². The maximum Gasteiger partial charge on any atom is 0.277 e. The molecule has 0 bridgehead atoms. The van der Waals surface area contributed by atoms with E-state index in [1.807, 2.05) is 24.3 Å². The van der Waals surface area contributed by atoms with Crippen LogP contribution in [0.3, 0.4) is 0 Å². The van der Waals surface area contributed by atoms with Crippen molar-refractivity contribution in [1.82, 2.24) is 10.2 Å². The molecule has 0 aliphatic carbocycles. The lowest BCUT2D eigenvalue weighted by atomic mass is 10.2. The van der Waals surface area contributed by atoms with Crippen molar-refractivity contribution < 1.29 is 13.6 Å². The number of thioether (sulfide) groups is 1. The molecule has 1 amide bonds. The number of amides is 1. The van der Waals surface area contributed by atoms with Crippen molar-refractivity contribution in [3.63, 3.8) is 0 Å². The van der Waals surface area contributed by atoms with Gasteiger partial charge in [0.1, 0.15) is 5.82 Å². The van der Waals surface area contributed by atoms with Crippen molar-refractivity contribution in [2.24, 2.45) is 0 Å². The van der Waals surface area contributed by atoms with Crippen LogP contribution in [-0.2, 0) is 4.79 Å². The topological polar surface area (TPSA) is 71.3 Å². The van der Waals surface area contributed by atoms with E-state index in [9.17, 15) is 9.18 Å². The van der Waals surface area contributed by atoms with Gasteiger partial charge in [-0.2, -0.15) is 0 Å². The van der Waals surface area contributed by atoms with Crippen molar-refractivity contribution in [1.29, 1.82) is 0 Å². The lowest BCUT2D eigenvalue weighted by Gasteiger charge is -2.20. The third-order valence-corrected chi connectivity index (χ3v) is 5.73. The zero-order valence-corrected chi connectivity index (χ0v) is 18.4. The number of nitrogens with one attached hydrogen (secondary N) is 1. The molecule has 0 fully saturated rings. The van der Waals surface area contributed by atoms with Crippen LogP contribution in [0, 0.1) is 5.82 Å². The molecule has 1 N–H and O–H groups in total. The first-order valence-corrected chi connectivity index (χ1v) is 10.8. The first kappa shape index (κ1) is 22.1. The van der Waals surface area contributed by atoms with Gasteiger partial charge in [-0.1, -0.05) is 23.4 Å². The number of carbonyl (C=O) groups is 1. The number of aromatic nitrogens is 2. The van der Waals surface area contributed by atoms with Gasteiger partial charge in [0, 0.05) is 24.3 Å². The average Bonchev–Trinajstić information content (AvgIpc) is 3.20. The second-order valence-corrected chi connectivity index (χ2v) is 8.17. The first-order chi connectivity index (χ1) is 14.4. The molecule has 3 rings (SSSR count). The number of hydrogen-bond acceptors (Lipinski definition) is 6. The molecule has 0 spiro atoms. The van der Waals surface area contributed by atoms with Crippen LogP contribution in [0.25, 0.3) is 11.5 Å². The highest BCUT2D eigenvalue weighted by Gasteiger charge is 2.20. The Morgan fingerprint density at radius 1 is 1.20 bits per heavy atom. The highest BCUT2D eigenvalue weighted by Crippen LogP contribution is 2.29. The van der Waals surface area contributed by atoms with Gasteiger partial charge in [0.2, 0.25) is 11.8 Å². The monoisotopic (exact) mass is 448 g/mol. The van der Waals surface area contributed by atoms with E-state index in [2.05, 4.69) is 34.3 Å². The van der Waals surface area contributed by atoms with Crippen molar-refractivity contribution >= 4 is 40.6 Å². The number of anilines is 2. The maximum atomic E-state index is 13.1. The minimum atomic E-state index is -0.524. The summed E-state index contributed by atoms with van der Waals surface area (Å²) in [5.41, 5.74) is 2.28. The van der Waals surface area contributed by atoms with E-state index in [4.69, 9.17) is 16.0 Å². The molecule has 158 valence electrons. The van der Waals surface area contributed by atoms with Gasteiger partial charge < -0.3 is 14.6 Å². The summed E-state index contributed by atoms with van der Waals surface area (Å²) >= 11 is 7.09. The molecule has 0 saturated heterocycles. The molecule has 2 aromatic carbocycles. The summed E-state index contributed by atoms with van der Waals surface area (Å²) in [5.74, 6) is -0.390. The van der Waals surface area contributed by atoms with E-state index >= 15 is 0 Å². The SMILES string of the molecule is CCN(CC)c1ccc(-c2nnc(SC(C)C(=O)Nc3ccc(F)cc3Cl)o2)cc1. The molecular formula is C21H22ClFN4O2S. The summed E-state index contributed by atoms with van der Waals surface area (Å²) in [5, 5.41) is 10.7. The Labute approximate surface area is 183 Å². The van der Waals surface area contributed by atoms with Gasteiger partial charge in [0.25, 0.3) is 5.22 Å². The lowest BCUT2D eigenvalue weighted by molar-refractivity contribution is -0.115. The van der Waals surface area contributed by atoms with Crippen molar-refractivity contribution in [3.8, 4) is 11.5 Å². The average molecular weight is 449 g/mol. The van der Waals surface area contributed by atoms with Crippen molar-refractivity contribution in [2.45, 2.75) is 31.2 Å². The Morgan fingerprint density at radius 2 is 1.90 bits per heavy atom. The van der Waals surface area contributed by atoms with Crippen molar-refractivity contribution in [2.75, 3.05) is 23.3 Å². The van der Waals surface area contributed by atoms with Gasteiger partial charge >= 0.3 is 0 Å². The standard InChI is InChI=1S/C21H22ClFN4O2S/c1-4-27(5-2)16-9-6-14(7-10-16)20-25-26-21(29-20)30-13(3)19(28)24-18-11-8-15(23)12-17(18)22/h6-13H,4-5H2,1-3H3,(H,24,28). The highest BCUT2D eigenvalue weighted by molar-refractivity contribution is 8.00. The second-order valence-electron chi connectivity index (χ2n) is 6.47. The fraction of sp³-hybridized carbons (Fsp3) is 0.286. The van der Waals surface area contributed by atoms with E-state index in [1.165, 1.54) is 12.1 Å². The Bertz CT molecular complexity index is 1010. The predicted octanol–water partition coefficient (Wildman–Crippen LogP) is 5.49. The lowest BCUT2D eigenvalue weighted by Crippen LogP contribution is -2.22. The minimum absolute atomic E-state index is 0.133. The number of halogens is 2. The summed E-state index contributed by atoms with van der Waals surface area (Å²) < 4.78 is 18.8. The maximum absolute atomic E-state index is 13.1. The second kappa shape index (κ2) is 9.95. The van der Waals surface area contributed by atoms with Gasteiger partial charge in [0.15, 0.2) is 0 Å². The molecule has 0 aliphatic heterocycles. The zero-order valence-electron chi connectivity index (χ0n) is 16.9. The highest BCUT2D eigenvalue weighted by atomic mass is 35.5. The molecule has 1 aromatic heterocycles. The van der Waals surface area contributed by atoms with E-state index in [0.717, 1.165) is 42.2 Å². The summed E-state index contributed by atoms with van der Waals surface area (Å²) in [7, 11) is 0. The molecule has 1 atom stereocenters. The smallest absolute Gasteiger partial charge is 0.277 e. The molecule has 1 unspecified atom stereocenters. The third kappa shape index (κ3) is 5.31. The predicted molar refractivity (Wildman–Crippen MR) is 119 cm³/mol. The van der Waals surface area contributed by atoms with Crippen LogP contribution in [0.5, 0.6) is 0 Å². The van der Waals surface area contributed by atoms with Gasteiger partial charge in [-0.25, -0.2) is 4.39 Å². The van der Waals surface area contributed by atoms with Gasteiger partial charge in [-0.15, -0.1) is 10.2 Å². The number of nitrogens with zero attached hydrogens (tertiary/aromatic N) is 3. The Morgan fingerprint density at radius 3 is 2.53 bits per heavy atom. The summed E-state index contributed by atoms with van der Waals surface area (Å²) in [4.78, 5) is 14.7. The largest absolute Gasteiger partial charge is 0.411 e. The Balaban J connectivity index is 1.63. The van der Waals surface area contributed by atoms with Crippen LogP contribution in [0.2, 0.25) is 5.02 Å². The third-order valence-electron chi connectivity index (χ3n) is 4.49. The molecule has 1 heterocycles. The molecule has 0 aliphatic rings. The molecule has 0 radical (unpaired) electrons. The zero-order chi connectivity index (χ0) is 21.7. The van der Waals surface area contributed by atoms with E-state index < -0.39 is 11.1 Å². The van der Waals surface area contributed by atoms with Gasteiger partial charge in [-0.3, -0.25) is 4.79 Å². The van der Waals surface area contributed by atoms with Crippen LogP contribution in [-0.4, -0.2) is 34.4 Å². The Kier molecular flexibility index (Phi) is 7.33. The normalized spacial score (nSPS) is 11.9. The molecule has 6 nitrogen and oxygen atoms in total. The quantitative estimate of drug-likeness (QED) is 0.459. The summed E-state index contributed by atoms with van der Waals surface area (Å²) in [6.07, 6.45) is 0. The number of hydrogen-bond donors (Lipinski definition) is 1. The van der Waals surface area contributed by atoms with E-state index in [0.29, 0.717) is 11.6 Å². The number of rotatable bonds is 8. The first-order valence-electron chi connectivity index (χ1n) is 9.52. The van der Waals surface area contributed by atoms with E-state index in [1.54, 1.807) is 6.92 Å². The van der Waals surface area contributed by atoms with Crippen LogP contribution < -0.4 is 10.2 Å². The molecule has 9 heteroatoms. The summed E-state index contributed by atoms with van der Waals surface area (Å²) in [6.45, 7) is 7.79. The van der Waals surface area contributed by atoms with Gasteiger partial charge in [0.05, 0.1) is 16.0 Å². The van der Waals surface area contributed by atoms with Gasteiger partial charge in [-0.05, 0) is 63.2 Å². The van der Waals surface area contributed by atoms with Crippen molar-refractivity contribution in [3.05, 3.63) is 53.3 Å². The van der Waals surface area contributed by atoms with E-state index in [-0.39, 0.29) is 16.2 Å². The Hall–Kier alpha value is -2.58. The fourth-order valence-electron chi connectivity index (χ4n) is 2.81.